The molecule has 2 aromatic rings. The predicted molar refractivity (Wildman–Crippen MR) is 67.8 cm³/mol. The Morgan fingerprint density at radius 1 is 1.11 bits per heavy atom. The van der Waals surface area contributed by atoms with Gasteiger partial charge in [0.2, 0.25) is 0 Å². The van der Waals surface area contributed by atoms with Crippen molar-refractivity contribution in [1.29, 1.82) is 0 Å². The molecule has 0 aliphatic carbocycles. The van der Waals surface area contributed by atoms with Crippen molar-refractivity contribution in [2.24, 2.45) is 0 Å². The summed E-state index contributed by atoms with van der Waals surface area (Å²) in [6.07, 6.45) is 2.62. The van der Waals surface area contributed by atoms with Gasteiger partial charge in [-0.05, 0) is 11.6 Å². The summed E-state index contributed by atoms with van der Waals surface area (Å²) in [7, 11) is 0. The van der Waals surface area contributed by atoms with E-state index < -0.39 is 28.7 Å². The molecule has 19 heavy (non-hydrogen) atoms. The number of aromatic hydroxyl groups is 1. The van der Waals surface area contributed by atoms with Gasteiger partial charge in [0.15, 0.2) is 5.78 Å². The number of phenolic OH excluding ortho intramolecular Hbond substituents is 1. The number of ketones is 1. The average molecular weight is 260 g/mol. The van der Waals surface area contributed by atoms with Crippen molar-refractivity contribution < 1.29 is 18.7 Å². The Balaban J connectivity index is 2.29. The number of carbonyl (C=O) groups is 1. The van der Waals surface area contributed by atoms with E-state index in [0.29, 0.717) is 12.1 Å². The fourth-order valence-corrected chi connectivity index (χ4v) is 1.62. The lowest BCUT2D eigenvalue weighted by atomic mass is 10.1. The Morgan fingerprint density at radius 2 is 1.79 bits per heavy atom. The van der Waals surface area contributed by atoms with Gasteiger partial charge in [0.05, 0.1) is 5.56 Å². The Kier molecular flexibility index (Phi) is 3.71. The molecule has 0 bridgehead atoms. The van der Waals surface area contributed by atoms with Gasteiger partial charge in [-0.1, -0.05) is 36.4 Å². The standard InChI is InChI=1S/C15H10F2O2/c16-11-8-12(17)15(14(19)9-11)13(18)7-6-10-4-2-1-3-5-10/h1-9,19H/b7-6+. The molecule has 0 heterocycles. The van der Waals surface area contributed by atoms with Crippen molar-refractivity contribution in [1.82, 2.24) is 0 Å². The number of allylic oxidation sites excluding steroid dienone is 1. The van der Waals surface area contributed by atoms with Crippen LogP contribution in [0.25, 0.3) is 6.08 Å². The Morgan fingerprint density at radius 3 is 2.42 bits per heavy atom. The van der Waals surface area contributed by atoms with Gasteiger partial charge in [-0.25, -0.2) is 8.78 Å². The fourth-order valence-electron chi connectivity index (χ4n) is 1.62. The Hall–Kier alpha value is -2.49. The van der Waals surface area contributed by atoms with Crippen molar-refractivity contribution in [3.63, 3.8) is 0 Å². The Labute approximate surface area is 108 Å². The van der Waals surface area contributed by atoms with Crippen molar-refractivity contribution in [2.75, 3.05) is 0 Å². The minimum absolute atomic E-state index is 0.534. The molecule has 0 aliphatic heterocycles. The first-order valence-electron chi connectivity index (χ1n) is 5.53. The second-order valence-corrected chi connectivity index (χ2v) is 3.89. The molecule has 2 aromatic carbocycles. The molecule has 0 spiro atoms. The molecule has 0 unspecified atom stereocenters. The van der Waals surface area contributed by atoms with Crippen molar-refractivity contribution in [3.05, 3.63) is 71.3 Å². The third-order valence-corrected chi connectivity index (χ3v) is 2.51. The van der Waals surface area contributed by atoms with Crippen LogP contribution in [-0.4, -0.2) is 10.9 Å². The van der Waals surface area contributed by atoms with Gasteiger partial charge < -0.3 is 5.11 Å². The zero-order valence-electron chi connectivity index (χ0n) is 9.81. The molecule has 0 saturated heterocycles. The first-order chi connectivity index (χ1) is 9.08. The van der Waals surface area contributed by atoms with E-state index in [2.05, 4.69) is 0 Å². The summed E-state index contributed by atoms with van der Waals surface area (Å²) in [5.41, 5.74) is 0.228. The smallest absolute Gasteiger partial charge is 0.192 e. The maximum atomic E-state index is 13.4. The summed E-state index contributed by atoms with van der Waals surface area (Å²) in [6.45, 7) is 0. The summed E-state index contributed by atoms with van der Waals surface area (Å²) in [5, 5.41) is 9.41. The molecule has 0 atom stereocenters. The normalized spacial score (nSPS) is 10.8. The highest BCUT2D eigenvalue weighted by molar-refractivity contribution is 6.08. The molecule has 2 nitrogen and oxygen atoms in total. The highest BCUT2D eigenvalue weighted by Crippen LogP contribution is 2.23. The summed E-state index contributed by atoms with van der Waals surface area (Å²) in [6, 6.07) is 10.2. The first-order valence-corrected chi connectivity index (χ1v) is 5.53. The van der Waals surface area contributed by atoms with E-state index in [1.807, 2.05) is 6.07 Å². The number of rotatable bonds is 3. The minimum Gasteiger partial charge on any atom is -0.507 e. The third-order valence-electron chi connectivity index (χ3n) is 2.51. The number of phenols is 1. The predicted octanol–water partition coefficient (Wildman–Crippen LogP) is 3.57. The van der Waals surface area contributed by atoms with Crippen molar-refractivity contribution in [2.45, 2.75) is 0 Å². The summed E-state index contributed by atoms with van der Waals surface area (Å²) in [4.78, 5) is 11.8. The van der Waals surface area contributed by atoms with E-state index in [4.69, 9.17) is 0 Å². The van der Waals surface area contributed by atoms with Crippen LogP contribution in [0.15, 0.2) is 48.5 Å². The molecule has 0 fully saturated rings. The number of benzene rings is 2. The number of halogens is 2. The third kappa shape index (κ3) is 3.04. The van der Waals surface area contributed by atoms with Crippen LogP contribution in [0.3, 0.4) is 0 Å². The number of hydrogen-bond donors (Lipinski definition) is 1. The zero-order valence-corrected chi connectivity index (χ0v) is 9.81. The number of carbonyl (C=O) groups excluding carboxylic acids is 1. The second-order valence-electron chi connectivity index (χ2n) is 3.89. The molecular weight excluding hydrogens is 250 g/mol. The molecule has 0 aliphatic rings. The fraction of sp³-hybridized carbons (Fsp3) is 0. The highest BCUT2D eigenvalue weighted by atomic mass is 19.1. The van der Waals surface area contributed by atoms with Gasteiger partial charge in [0.25, 0.3) is 0 Å². The molecule has 4 heteroatoms. The summed E-state index contributed by atoms with van der Waals surface area (Å²) in [5.74, 6) is -3.45. The first kappa shape index (κ1) is 13.0. The minimum atomic E-state index is -1.08. The molecule has 0 aromatic heterocycles. The van der Waals surface area contributed by atoms with Gasteiger partial charge in [-0.2, -0.15) is 0 Å². The van der Waals surface area contributed by atoms with Gasteiger partial charge >= 0.3 is 0 Å². The highest BCUT2D eigenvalue weighted by Gasteiger charge is 2.16. The lowest BCUT2D eigenvalue weighted by Gasteiger charge is -2.02. The monoisotopic (exact) mass is 260 g/mol. The molecule has 96 valence electrons. The van der Waals surface area contributed by atoms with Crippen LogP contribution in [-0.2, 0) is 0 Å². The summed E-state index contributed by atoms with van der Waals surface area (Å²) >= 11 is 0. The van der Waals surface area contributed by atoms with Crippen LogP contribution in [0.1, 0.15) is 15.9 Å². The lowest BCUT2D eigenvalue weighted by Crippen LogP contribution is -2.00. The van der Waals surface area contributed by atoms with Crippen molar-refractivity contribution >= 4 is 11.9 Å². The van der Waals surface area contributed by atoms with Gasteiger partial charge in [0.1, 0.15) is 17.4 Å². The lowest BCUT2D eigenvalue weighted by molar-refractivity contribution is 0.104. The van der Waals surface area contributed by atoms with Crippen LogP contribution >= 0.6 is 0 Å². The second kappa shape index (κ2) is 5.44. The molecule has 2 rings (SSSR count). The maximum absolute atomic E-state index is 13.4. The molecule has 1 N–H and O–H groups in total. The summed E-state index contributed by atoms with van der Waals surface area (Å²) < 4.78 is 26.2. The quantitative estimate of drug-likeness (QED) is 0.676. The van der Waals surface area contributed by atoms with Crippen LogP contribution in [0.5, 0.6) is 5.75 Å². The van der Waals surface area contributed by atoms with E-state index >= 15 is 0 Å². The van der Waals surface area contributed by atoms with E-state index in [0.717, 1.165) is 11.6 Å². The van der Waals surface area contributed by atoms with E-state index in [9.17, 15) is 18.7 Å². The molecule has 0 radical (unpaired) electrons. The Bertz CT molecular complexity index is 611. The molecule has 0 saturated carbocycles. The number of hydrogen-bond acceptors (Lipinski definition) is 2. The van der Waals surface area contributed by atoms with Crippen molar-refractivity contribution in [3.8, 4) is 5.75 Å². The SMILES string of the molecule is O=C(/C=C/c1ccccc1)c1c(O)cc(F)cc1F. The topological polar surface area (TPSA) is 37.3 Å². The molecule has 0 amide bonds. The zero-order chi connectivity index (χ0) is 13.8. The van der Waals surface area contributed by atoms with Gasteiger partial charge in [-0.3, -0.25) is 4.79 Å². The van der Waals surface area contributed by atoms with Crippen LogP contribution in [0.2, 0.25) is 0 Å². The van der Waals surface area contributed by atoms with Gasteiger partial charge in [-0.15, -0.1) is 0 Å². The van der Waals surface area contributed by atoms with Crippen LogP contribution in [0, 0.1) is 11.6 Å². The van der Waals surface area contributed by atoms with Crippen LogP contribution in [0.4, 0.5) is 8.78 Å². The van der Waals surface area contributed by atoms with E-state index in [1.165, 1.54) is 6.08 Å². The van der Waals surface area contributed by atoms with E-state index in [1.54, 1.807) is 24.3 Å². The van der Waals surface area contributed by atoms with E-state index in [-0.39, 0.29) is 0 Å². The maximum Gasteiger partial charge on any atom is 0.192 e. The largest absolute Gasteiger partial charge is 0.507 e. The van der Waals surface area contributed by atoms with Crippen LogP contribution < -0.4 is 0 Å². The van der Waals surface area contributed by atoms with Gasteiger partial charge in [0, 0.05) is 12.1 Å². The molecular formula is C15H10F2O2. The average Bonchev–Trinajstić information content (AvgIpc) is 2.36.